The molecule has 0 amide bonds. The van der Waals surface area contributed by atoms with E-state index in [2.05, 4.69) is 30.8 Å². The zero-order chi connectivity index (χ0) is 8.55. The van der Waals surface area contributed by atoms with E-state index in [0.717, 1.165) is 5.92 Å². The molecule has 0 saturated heterocycles. The molecule has 0 radical (unpaired) electrons. The van der Waals surface area contributed by atoms with Crippen molar-refractivity contribution >= 4 is 5.71 Å². The Kier molecular flexibility index (Phi) is 1.92. The van der Waals surface area contributed by atoms with Crippen molar-refractivity contribution in [2.75, 3.05) is 0 Å². The molecule has 1 nitrogen and oxygen atoms in total. The van der Waals surface area contributed by atoms with Gasteiger partial charge in [0.25, 0.3) is 0 Å². The lowest BCUT2D eigenvalue weighted by atomic mass is 9.72. The van der Waals surface area contributed by atoms with Crippen LogP contribution in [-0.4, -0.2) is 5.71 Å². The zero-order valence-electron chi connectivity index (χ0n) is 7.80. The molecular weight excluding hydrogens is 146 g/mol. The van der Waals surface area contributed by atoms with Gasteiger partial charge in [-0.3, -0.25) is 0 Å². The van der Waals surface area contributed by atoms with Crippen LogP contribution in [0.15, 0.2) is 4.99 Å². The summed E-state index contributed by atoms with van der Waals surface area (Å²) in [4.78, 5) is 4.19. The van der Waals surface area contributed by atoms with Gasteiger partial charge in [-0.15, -0.1) is 0 Å². The van der Waals surface area contributed by atoms with Crippen molar-refractivity contribution in [3.63, 3.8) is 0 Å². The van der Waals surface area contributed by atoms with Crippen LogP contribution in [0.2, 0.25) is 0 Å². The van der Waals surface area contributed by atoms with Crippen LogP contribution in [0.3, 0.4) is 0 Å². The maximum Gasteiger partial charge on any atom is 0.0339 e. The summed E-state index contributed by atoms with van der Waals surface area (Å²) in [6.07, 6.45) is 3.94. The fourth-order valence-electron chi connectivity index (χ4n) is 2.33. The smallest absolute Gasteiger partial charge is 0.0339 e. The van der Waals surface area contributed by atoms with Crippen LogP contribution in [0.5, 0.6) is 0 Å². The molecule has 1 aliphatic heterocycles. The normalized spacial score (nSPS) is 39.2. The summed E-state index contributed by atoms with van der Waals surface area (Å²) in [5, 5.41) is 0. The third-order valence-electron chi connectivity index (χ3n) is 3.13. The van der Waals surface area contributed by atoms with Crippen LogP contribution in [0.25, 0.3) is 0 Å². The Morgan fingerprint density at radius 2 is 2.25 bits per heavy atom. The Morgan fingerprint density at radius 1 is 1.42 bits per heavy atom. The van der Waals surface area contributed by atoms with Gasteiger partial charge in [0.1, 0.15) is 0 Å². The van der Waals surface area contributed by atoms with Crippen molar-refractivity contribution in [2.45, 2.75) is 33.1 Å². The lowest BCUT2D eigenvalue weighted by Gasteiger charge is -2.32. The average Bonchev–Trinajstić information content (AvgIpc) is 2.04. The van der Waals surface area contributed by atoms with E-state index >= 15 is 0 Å². The molecule has 0 aromatic carbocycles. The van der Waals surface area contributed by atoms with Crippen LogP contribution < -0.4 is 0 Å². The number of nitrogens with zero attached hydrogens (tertiary/aromatic N) is 1. The van der Waals surface area contributed by atoms with Crippen LogP contribution in [0.4, 0.5) is 0 Å². The van der Waals surface area contributed by atoms with E-state index in [0.29, 0.717) is 11.8 Å². The molecule has 0 aromatic rings. The summed E-state index contributed by atoms with van der Waals surface area (Å²) in [5.74, 6) is 5.41. The van der Waals surface area contributed by atoms with E-state index in [-0.39, 0.29) is 0 Å². The van der Waals surface area contributed by atoms with Gasteiger partial charge in [-0.1, -0.05) is 12.8 Å². The molecule has 1 aliphatic carbocycles. The molecule has 3 atom stereocenters. The molecule has 2 rings (SSSR count). The van der Waals surface area contributed by atoms with Gasteiger partial charge in [-0.05, 0) is 32.1 Å². The van der Waals surface area contributed by atoms with Crippen molar-refractivity contribution < 1.29 is 0 Å². The fraction of sp³-hybridized carbons (Fsp3) is 0.727. The van der Waals surface area contributed by atoms with Crippen LogP contribution in [0, 0.1) is 29.7 Å². The maximum absolute atomic E-state index is 4.19. The fourth-order valence-corrected chi connectivity index (χ4v) is 2.33. The summed E-state index contributed by atoms with van der Waals surface area (Å²) in [7, 11) is 0. The van der Waals surface area contributed by atoms with Gasteiger partial charge < -0.3 is 0 Å². The molecule has 64 valence electrons. The van der Waals surface area contributed by atoms with Gasteiger partial charge in [0, 0.05) is 23.6 Å². The molecule has 1 heteroatoms. The number of hydrogen-bond donors (Lipinski definition) is 0. The van der Waals surface area contributed by atoms with Gasteiger partial charge in [-0.2, -0.15) is 0 Å². The topological polar surface area (TPSA) is 12.4 Å². The second kappa shape index (κ2) is 2.94. The highest BCUT2D eigenvalue weighted by atomic mass is 14.7. The van der Waals surface area contributed by atoms with Crippen molar-refractivity contribution in [3.8, 4) is 12.0 Å². The van der Waals surface area contributed by atoms with Gasteiger partial charge in [0.15, 0.2) is 0 Å². The Hall–Kier alpha value is -0.770. The van der Waals surface area contributed by atoms with E-state index in [9.17, 15) is 0 Å². The average molecular weight is 161 g/mol. The van der Waals surface area contributed by atoms with Crippen molar-refractivity contribution in [1.82, 2.24) is 0 Å². The highest BCUT2D eigenvalue weighted by Gasteiger charge is 2.30. The van der Waals surface area contributed by atoms with Crippen molar-refractivity contribution in [2.24, 2.45) is 22.7 Å². The quantitative estimate of drug-likeness (QED) is 0.484. The third kappa shape index (κ3) is 1.27. The highest BCUT2D eigenvalue weighted by molar-refractivity contribution is 5.86. The first-order chi connectivity index (χ1) is 5.77. The highest BCUT2D eigenvalue weighted by Crippen LogP contribution is 2.35. The molecule has 1 saturated carbocycles. The second-order valence-corrected chi connectivity index (χ2v) is 4.14. The molecular formula is C11H15N. The Bertz CT molecular complexity index is 266. The molecule has 2 aliphatic rings. The molecule has 0 bridgehead atoms. The molecule has 0 spiro atoms. The Balaban J connectivity index is 2.16. The monoisotopic (exact) mass is 161 g/mol. The minimum absolute atomic E-state index is 0.617. The first-order valence-corrected chi connectivity index (χ1v) is 4.82. The first-order valence-electron chi connectivity index (χ1n) is 4.82. The second-order valence-electron chi connectivity index (χ2n) is 4.14. The molecule has 3 unspecified atom stereocenters. The molecule has 0 N–H and O–H groups in total. The molecule has 1 fully saturated rings. The van der Waals surface area contributed by atoms with Crippen LogP contribution in [-0.2, 0) is 0 Å². The largest absolute Gasteiger partial charge is 0.207 e. The summed E-state index contributed by atoms with van der Waals surface area (Å²) >= 11 is 0. The van der Waals surface area contributed by atoms with E-state index in [4.69, 9.17) is 0 Å². The number of fused-ring (bicyclic) bond motifs is 1. The van der Waals surface area contributed by atoms with E-state index in [1.54, 1.807) is 0 Å². The van der Waals surface area contributed by atoms with Crippen molar-refractivity contribution in [1.29, 1.82) is 0 Å². The predicted molar refractivity (Wildman–Crippen MR) is 50.9 cm³/mol. The number of aliphatic imine (C=N–C) groups is 1. The van der Waals surface area contributed by atoms with Gasteiger partial charge in [0.2, 0.25) is 0 Å². The lowest BCUT2D eigenvalue weighted by molar-refractivity contribution is 0.286. The number of hydrogen-bond acceptors (Lipinski definition) is 1. The first kappa shape index (κ1) is 7.86. The predicted octanol–water partition coefficient (Wildman–Crippen LogP) is 2.47. The summed E-state index contributed by atoms with van der Waals surface area (Å²) < 4.78 is 0. The maximum atomic E-state index is 4.19. The van der Waals surface area contributed by atoms with Gasteiger partial charge >= 0.3 is 0 Å². The minimum Gasteiger partial charge on any atom is -0.207 e. The summed E-state index contributed by atoms with van der Waals surface area (Å²) in [6.45, 7) is 4.46. The Morgan fingerprint density at radius 3 is 3.08 bits per heavy atom. The summed E-state index contributed by atoms with van der Waals surface area (Å²) in [5.41, 5.74) is 1.27. The molecule has 1 heterocycles. The Labute approximate surface area is 74.3 Å². The van der Waals surface area contributed by atoms with Gasteiger partial charge in [0.05, 0.1) is 0 Å². The molecule has 0 aromatic heterocycles. The van der Waals surface area contributed by atoms with E-state index in [1.165, 1.54) is 25.0 Å². The number of rotatable bonds is 0. The SMILES string of the molecule is CC1=NC#CC2CC(C)CCC12. The standard InChI is InChI=1S/C11H15N/c1-8-3-4-11-9(2)12-6-5-10(11)7-8/h8,10-11H,3-4,7H2,1-2H3. The van der Waals surface area contributed by atoms with Gasteiger partial charge in [-0.25, -0.2) is 4.99 Å². The van der Waals surface area contributed by atoms with Crippen LogP contribution >= 0.6 is 0 Å². The third-order valence-corrected chi connectivity index (χ3v) is 3.13. The lowest BCUT2D eigenvalue weighted by Crippen LogP contribution is -2.29. The van der Waals surface area contributed by atoms with Crippen molar-refractivity contribution in [3.05, 3.63) is 0 Å². The minimum atomic E-state index is 0.617. The van der Waals surface area contributed by atoms with E-state index in [1.807, 2.05) is 0 Å². The van der Waals surface area contributed by atoms with Crippen LogP contribution in [0.1, 0.15) is 33.1 Å². The summed E-state index contributed by atoms with van der Waals surface area (Å²) in [6, 6.07) is 2.89. The zero-order valence-corrected chi connectivity index (χ0v) is 7.80. The molecule has 12 heavy (non-hydrogen) atoms. The van der Waals surface area contributed by atoms with E-state index < -0.39 is 0 Å².